The minimum absolute atomic E-state index is 0.216. The van der Waals surface area contributed by atoms with Crippen LogP contribution in [0.2, 0.25) is 0 Å². The summed E-state index contributed by atoms with van der Waals surface area (Å²) >= 11 is 0. The molecule has 1 aliphatic rings. The van der Waals surface area contributed by atoms with Gasteiger partial charge in [0, 0.05) is 30.2 Å². The Morgan fingerprint density at radius 1 is 1.03 bits per heavy atom. The number of benzene rings is 2. The monoisotopic (exact) mass is 449 g/mol. The Bertz CT molecular complexity index is 1210. The van der Waals surface area contributed by atoms with Gasteiger partial charge < -0.3 is 5.32 Å². The van der Waals surface area contributed by atoms with E-state index in [0.29, 0.717) is 17.8 Å². The van der Waals surface area contributed by atoms with E-state index in [1.54, 1.807) is 47.0 Å². The molecule has 1 saturated heterocycles. The normalized spacial score (nSPS) is 17.1. The summed E-state index contributed by atoms with van der Waals surface area (Å²) in [4.78, 5) is 16.9. The number of sulfonamides is 1. The number of hydrogen-bond acceptors (Lipinski definition) is 4. The minimum atomic E-state index is -3.67. The summed E-state index contributed by atoms with van der Waals surface area (Å²) in [7, 11) is -3.67. The number of piperidine rings is 1. The molecule has 6 nitrogen and oxygen atoms in total. The number of nitrogens with zero attached hydrogens (tertiary/aromatic N) is 2. The van der Waals surface area contributed by atoms with Gasteiger partial charge in [-0.05, 0) is 85.8 Å². The van der Waals surface area contributed by atoms with E-state index in [-0.39, 0.29) is 16.8 Å². The van der Waals surface area contributed by atoms with Crippen LogP contribution >= 0.6 is 0 Å². The van der Waals surface area contributed by atoms with E-state index in [4.69, 9.17) is 0 Å². The quantitative estimate of drug-likeness (QED) is 0.603. The zero-order valence-electron chi connectivity index (χ0n) is 18.3. The lowest BCUT2D eigenvalue weighted by Gasteiger charge is -2.34. The first-order valence-corrected chi connectivity index (χ1v) is 12.2. The third-order valence-electron chi connectivity index (χ3n) is 6.01. The van der Waals surface area contributed by atoms with Crippen LogP contribution in [0.3, 0.4) is 0 Å². The van der Waals surface area contributed by atoms with Crippen molar-refractivity contribution in [1.82, 2.24) is 9.29 Å². The molecule has 1 fully saturated rings. The third kappa shape index (κ3) is 4.59. The molecule has 1 aliphatic heterocycles. The molecule has 0 spiro atoms. The highest BCUT2D eigenvalue weighted by molar-refractivity contribution is 7.89. The standard InChI is InChI=1S/C25H27N3O3S/c1-18-8-9-20(16-19(18)2)25(29)27-22-10-12-23(13-11-22)32(30,31)28-15-4-3-7-24(28)21-6-5-14-26-17-21/h5-6,8-14,16-17,24H,3-4,7,15H2,1-2H3,(H,27,29)/t24-/m1/s1. The van der Waals surface area contributed by atoms with E-state index in [1.165, 1.54) is 0 Å². The summed E-state index contributed by atoms with van der Waals surface area (Å²) in [6.45, 7) is 4.44. The summed E-state index contributed by atoms with van der Waals surface area (Å²) in [5.41, 5.74) is 4.20. The van der Waals surface area contributed by atoms with E-state index in [0.717, 1.165) is 36.0 Å². The summed E-state index contributed by atoms with van der Waals surface area (Å²) in [5, 5.41) is 2.84. The number of amides is 1. The zero-order valence-corrected chi connectivity index (χ0v) is 19.1. The molecule has 1 N–H and O–H groups in total. The third-order valence-corrected chi connectivity index (χ3v) is 7.93. The molecule has 0 bridgehead atoms. The summed E-state index contributed by atoms with van der Waals surface area (Å²) in [5.74, 6) is -0.226. The lowest BCUT2D eigenvalue weighted by molar-refractivity contribution is 0.102. The van der Waals surface area contributed by atoms with Crippen molar-refractivity contribution in [2.24, 2.45) is 0 Å². The molecule has 1 atom stereocenters. The van der Waals surface area contributed by atoms with E-state index >= 15 is 0 Å². The van der Waals surface area contributed by atoms with Gasteiger partial charge in [-0.25, -0.2) is 8.42 Å². The molecule has 1 amide bonds. The molecular formula is C25H27N3O3S. The number of aromatic nitrogens is 1. The number of carbonyl (C=O) groups is 1. The number of anilines is 1. The molecule has 3 aromatic rings. The second-order valence-corrected chi connectivity index (χ2v) is 10.1. The fourth-order valence-corrected chi connectivity index (χ4v) is 5.71. The Morgan fingerprint density at radius 3 is 2.50 bits per heavy atom. The second-order valence-electron chi connectivity index (χ2n) is 8.19. The molecule has 4 rings (SSSR count). The van der Waals surface area contributed by atoms with Crippen LogP contribution in [0.1, 0.15) is 52.4 Å². The van der Waals surface area contributed by atoms with Gasteiger partial charge in [0.25, 0.3) is 5.91 Å². The van der Waals surface area contributed by atoms with Crippen molar-refractivity contribution in [3.8, 4) is 0 Å². The average molecular weight is 450 g/mol. The summed E-state index contributed by atoms with van der Waals surface area (Å²) in [6, 6.07) is 15.5. The van der Waals surface area contributed by atoms with Crippen LogP contribution < -0.4 is 5.32 Å². The number of hydrogen-bond donors (Lipinski definition) is 1. The average Bonchev–Trinajstić information content (AvgIpc) is 2.82. The van der Waals surface area contributed by atoms with Gasteiger partial charge in [0.15, 0.2) is 0 Å². The van der Waals surface area contributed by atoms with Gasteiger partial charge in [0.05, 0.1) is 10.9 Å². The predicted octanol–water partition coefficient (Wildman–Crippen LogP) is 4.87. The Kier molecular flexibility index (Phi) is 6.39. The van der Waals surface area contributed by atoms with Crippen molar-refractivity contribution in [3.05, 3.63) is 89.2 Å². The summed E-state index contributed by atoms with van der Waals surface area (Å²) < 4.78 is 28.4. The van der Waals surface area contributed by atoms with Crippen LogP contribution in [0.25, 0.3) is 0 Å². The lowest BCUT2D eigenvalue weighted by Crippen LogP contribution is -2.38. The smallest absolute Gasteiger partial charge is 0.255 e. The maximum atomic E-state index is 13.4. The van der Waals surface area contributed by atoms with Gasteiger partial charge in [-0.1, -0.05) is 18.6 Å². The Hall–Kier alpha value is -3.03. The largest absolute Gasteiger partial charge is 0.322 e. The number of nitrogens with one attached hydrogen (secondary N) is 1. The predicted molar refractivity (Wildman–Crippen MR) is 125 cm³/mol. The highest BCUT2D eigenvalue weighted by atomic mass is 32.2. The fraction of sp³-hybridized carbons (Fsp3) is 0.280. The molecule has 2 heterocycles. The topological polar surface area (TPSA) is 79.4 Å². The molecule has 0 aliphatic carbocycles. The van der Waals surface area contributed by atoms with E-state index in [2.05, 4.69) is 10.3 Å². The maximum absolute atomic E-state index is 13.4. The van der Waals surface area contributed by atoms with Gasteiger partial charge in [-0.15, -0.1) is 0 Å². The SMILES string of the molecule is Cc1ccc(C(=O)Nc2ccc(S(=O)(=O)N3CCCC[C@@H]3c3cccnc3)cc2)cc1C. The zero-order chi connectivity index (χ0) is 22.7. The van der Waals surface area contributed by atoms with Gasteiger partial charge in [-0.3, -0.25) is 9.78 Å². The Labute approximate surface area is 189 Å². The second kappa shape index (κ2) is 9.22. The molecule has 0 radical (unpaired) electrons. The first-order valence-electron chi connectivity index (χ1n) is 10.8. The van der Waals surface area contributed by atoms with E-state index in [1.807, 2.05) is 38.1 Å². The highest BCUT2D eigenvalue weighted by Crippen LogP contribution is 2.35. The van der Waals surface area contributed by atoms with Crippen LogP contribution in [0.5, 0.6) is 0 Å². The van der Waals surface area contributed by atoms with Crippen LogP contribution in [0.15, 0.2) is 71.9 Å². The van der Waals surface area contributed by atoms with Crippen LogP contribution in [0, 0.1) is 13.8 Å². The van der Waals surface area contributed by atoms with E-state index < -0.39 is 10.0 Å². The Morgan fingerprint density at radius 2 is 1.81 bits per heavy atom. The van der Waals surface area contributed by atoms with Crippen molar-refractivity contribution in [3.63, 3.8) is 0 Å². The van der Waals surface area contributed by atoms with Crippen molar-refractivity contribution < 1.29 is 13.2 Å². The number of aryl methyl sites for hydroxylation is 2. The number of pyridine rings is 1. The molecule has 0 saturated carbocycles. The van der Waals surface area contributed by atoms with Gasteiger partial charge in [-0.2, -0.15) is 4.31 Å². The Balaban J connectivity index is 1.53. The van der Waals surface area contributed by atoms with Crippen LogP contribution in [-0.4, -0.2) is 30.2 Å². The van der Waals surface area contributed by atoms with Crippen molar-refractivity contribution in [2.75, 3.05) is 11.9 Å². The van der Waals surface area contributed by atoms with Gasteiger partial charge in [0.1, 0.15) is 0 Å². The summed E-state index contributed by atoms with van der Waals surface area (Å²) in [6.07, 6.45) is 6.02. The molecule has 7 heteroatoms. The molecule has 1 aromatic heterocycles. The maximum Gasteiger partial charge on any atom is 0.255 e. The molecule has 2 aromatic carbocycles. The first kappa shape index (κ1) is 22.2. The van der Waals surface area contributed by atoms with Crippen LogP contribution in [-0.2, 0) is 10.0 Å². The lowest BCUT2D eigenvalue weighted by atomic mass is 9.99. The molecule has 0 unspecified atom stereocenters. The molecule has 32 heavy (non-hydrogen) atoms. The van der Waals surface area contributed by atoms with Gasteiger partial charge in [0.2, 0.25) is 10.0 Å². The molecular weight excluding hydrogens is 422 g/mol. The van der Waals surface area contributed by atoms with Crippen molar-refractivity contribution in [1.29, 1.82) is 0 Å². The highest BCUT2D eigenvalue weighted by Gasteiger charge is 2.34. The minimum Gasteiger partial charge on any atom is -0.322 e. The van der Waals surface area contributed by atoms with Crippen molar-refractivity contribution in [2.45, 2.75) is 44.0 Å². The fourth-order valence-electron chi connectivity index (χ4n) is 4.03. The van der Waals surface area contributed by atoms with Crippen LogP contribution in [0.4, 0.5) is 5.69 Å². The first-order chi connectivity index (χ1) is 15.4. The van der Waals surface area contributed by atoms with E-state index in [9.17, 15) is 13.2 Å². The van der Waals surface area contributed by atoms with Crippen molar-refractivity contribution >= 4 is 21.6 Å². The van der Waals surface area contributed by atoms with Gasteiger partial charge >= 0.3 is 0 Å². The number of carbonyl (C=O) groups excluding carboxylic acids is 1. The molecule has 166 valence electrons. The number of rotatable bonds is 5.